The van der Waals surface area contributed by atoms with Gasteiger partial charge in [0.1, 0.15) is 11.5 Å². The molecule has 1 aliphatic carbocycles. The SMILES string of the molecule is CC1(C(N)=O)C=CC2=C(C=C1)C1(OC2=O)c2ccc(N)cc2Oc2cc(N)ccc21. The lowest BCUT2D eigenvalue weighted by Crippen LogP contribution is -2.34. The summed E-state index contributed by atoms with van der Waals surface area (Å²) < 4.78 is 12.1. The van der Waals surface area contributed by atoms with Crippen molar-refractivity contribution in [3.63, 3.8) is 0 Å². The number of esters is 1. The Hall–Kier alpha value is -4.00. The maximum atomic E-state index is 13.0. The van der Waals surface area contributed by atoms with Crippen LogP contribution in [0.5, 0.6) is 11.5 Å². The Morgan fingerprint density at radius 3 is 2.07 bits per heavy atom. The lowest BCUT2D eigenvalue weighted by atomic mass is 9.76. The summed E-state index contributed by atoms with van der Waals surface area (Å²) in [5, 5.41) is 0. The zero-order chi connectivity index (χ0) is 21.3. The number of anilines is 2. The number of amides is 1. The smallest absolute Gasteiger partial charge is 0.340 e. The topological polar surface area (TPSA) is 131 Å². The molecule has 1 amide bonds. The summed E-state index contributed by atoms with van der Waals surface area (Å²) in [5.41, 5.74) is 18.5. The molecule has 150 valence electrons. The summed E-state index contributed by atoms with van der Waals surface area (Å²) in [6.45, 7) is 1.69. The molecule has 3 aliphatic rings. The number of benzene rings is 2. The molecule has 2 aromatic rings. The number of rotatable bonds is 1. The fraction of sp³-hybridized carbons (Fsp3) is 0.130. The van der Waals surface area contributed by atoms with E-state index in [1.54, 1.807) is 67.6 Å². The second-order valence-electron chi connectivity index (χ2n) is 7.82. The number of fused-ring (bicyclic) bond motifs is 5. The van der Waals surface area contributed by atoms with Crippen LogP contribution in [-0.4, -0.2) is 11.9 Å². The van der Waals surface area contributed by atoms with Gasteiger partial charge in [-0.2, -0.15) is 0 Å². The minimum Gasteiger partial charge on any atom is -0.456 e. The van der Waals surface area contributed by atoms with E-state index in [9.17, 15) is 9.59 Å². The van der Waals surface area contributed by atoms with Crippen molar-refractivity contribution in [2.75, 3.05) is 11.5 Å². The number of primary amides is 1. The molecule has 0 saturated carbocycles. The first-order valence-electron chi connectivity index (χ1n) is 9.39. The van der Waals surface area contributed by atoms with Gasteiger partial charge < -0.3 is 26.7 Å². The molecule has 2 heterocycles. The van der Waals surface area contributed by atoms with Crippen molar-refractivity contribution < 1.29 is 19.1 Å². The van der Waals surface area contributed by atoms with Crippen LogP contribution in [0, 0.1) is 5.41 Å². The van der Waals surface area contributed by atoms with Crippen LogP contribution in [0.15, 0.2) is 71.8 Å². The van der Waals surface area contributed by atoms with E-state index >= 15 is 0 Å². The van der Waals surface area contributed by atoms with Gasteiger partial charge in [0, 0.05) is 40.2 Å². The van der Waals surface area contributed by atoms with E-state index in [0.29, 0.717) is 45.1 Å². The largest absolute Gasteiger partial charge is 0.456 e. The lowest BCUT2D eigenvalue weighted by molar-refractivity contribution is -0.144. The Morgan fingerprint density at radius 1 is 0.933 bits per heavy atom. The van der Waals surface area contributed by atoms with Gasteiger partial charge in [0.2, 0.25) is 5.91 Å². The Balaban J connectivity index is 1.83. The molecule has 0 radical (unpaired) electrons. The molecular formula is C23H19N3O4. The van der Waals surface area contributed by atoms with E-state index in [1.165, 1.54) is 0 Å². The second kappa shape index (κ2) is 5.76. The first kappa shape index (κ1) is 18.1. The minimum atomic E-state index is -1.26. The Bertz CT molecular complexity index is 1190. The average Bonchev–Trinajstić information content (AvgIpc) is 2.82. The van der Waals surface area contributed by atoms with Crippen molar-refractivity contribution >= 4 is 23.3 Å². The first-order chi connectivity index (χ1) is 14.2. The van der Waals surface area contributed by atoms with Crippen LogP contribution < -0.4 is 21.9 Å². The van der Waals surface area contributed by atoms with Crippen LogP contribution in [0.2, 0.25) is 0 Å². The standard InChI is InChI=1S/C23H19N3O4/c1-22(21(26)28)8-6-14-15(7-9-22)23(30-20(14)27)16-4-2-12(24)10-18(16)29-19-11-13(25)3-5-17(19)23/h2-11H,24-25H2,1H3,(H2,26,28). The predicted molar refractivity (Wildman–Crippen MR) is 111 cm³/mol. The Morgan fingerprint density at radius 2 is 1.50 bits per heavy atom. The van der Waals surface area contributed by atoms with Gasteiger partial charge in [-0.25, -0.2) is 4.79 Å². The first-order valence-corrected chi connectivity index (χ1v) is 9.39. The molecule has 0 fully saturated rings. The molecule has 1 spiro atoms. The van der Waals surface area contributed by atoms with Crippen LogP contribution in [0.3, 0.4) is 0 Å². The van der Waals surface area contributed by atoms with Gasteiger partial charge in [0.25, 0.3) is 0 Å². The third kappa shape index (κ3) is 2.26. The number of carbonyl (C=O) groups is 2. The highest BCUT2D eigenvalue weighted by atomic mass is 16.6. The molecular weight excluding hydrogens is 382 g/mol. The molecule has 7 heteroatoms. The maximum absolute atomic E-state index is 13.0. The fourth-order valence-corrected chi connectivity index (χ4v) is 4.14. The molecule has 2 aliphatic heterocycles. The number of nitrogens with two attached hydrogens (primary N) is 3. The quantitative estimate of drug-likeness (QED) is 0.497. The maximum Gasteiger partial charge on any atom is 0.340 e. The molecule has 0 aromatic heterocycles. The monoisotopic (exact) mass is 401 g/mol. The lowest BCUT2D eigenvalue weighted by Gasteiger charge is -2.37. The van der Waals surface area contributed by atoms with Crippen molar-refractivity contribution in [3.05, 3.63) is 83.0 Å². The average molecular weight is 401 g/mol. The second-order valence-corrected chi connectivity index (χ2v) is 7.82. The summed E-state index contributed by atoms with van der Waals surface area (Å²) in [7, 11) is 0. The van der Waals surface area contributed by atoms with Crippen molar-refractivity contribution in [2.45, 2.75) is 12.5 Å². The minimum absolute atomic E-state index is 0.351. The highest BCUT2D eigenvalue weighted by molar-refractivity contribution is 5.99. The summed E-state index contributed by atoms with van der Waals surface area (Å²) in [4.78, 5) is 25.0. The van der Waals surface area contributed by atoms with E-state index in [1.807, 2.05) is 0 Å². The van der Waals surface area contributed by atoms with Crippen LogP contribution >= 0.6 is 0 Å². The number of nitrogen functional groups attached to an aromatic ring is 2. The fourth-order valence-electron chi connectivity index (χ4n) is 4.14. The normalized spacial score (nSPS) is 22.6. The van der Waals surface area contributed by atoms with Gasteiger partial charge >= 0.3 is 5.97 Å². The molecule has 5 rings (SSSR count). The van der Waals surface area contributed by atoms with Crippen molar-refractivity contribution in [2.24, 2.45) is 11.1 Å². The van der Waals surface area contributed by atoms with Crippen LogP contribution in [0.4, 0.5) is 11.4 Å². The zero-order valence-electron chi connectivity index (χ0n) is 16.1. The van der Waals surface area contributed by atoms with Gasteiger partial charge in [-0.3, -0.25) is 4.79 Å². The highest BCUT2D eigenvalue weighted by Crippen LogP contribution is 2.57. The van der Waals surface area contributed by atoms with E-state index < -0.39 is 22.9 Å². The van der Waals surface area contributed by atoms with Crippen molar-refractivity contribution in [1.82, 2.24) is 0 Å². The third-order valence-electron chi connectivity index (χ3n) is 5.85. The van der Waals surface area contributed by atoms with Gasteiger partial charge in [-0.15, -0.1) is 0 Å². The molecule has 6 N–H and O–H groups in total. The van der Waals surface area contributed by atoms with Gasteiger partial charge in [0.15, 0.2) is 5.60 Å². The van der Waals surface area contributed by atoms with Crippen LogP contribution in [0.1, 0.15) is 18.1 Å². The zero-order valence-corrected chi connectivity index (χ0v) is 16.1. The summed E-state index contributed by atoms with van der Waals surface area (Å²) in [6.07, 6.45) is 6.63. The Labute approximate surface area is 172 Å². The molecule has 7 nitrogen and oxygen atoms in total. The van der Waals surface area contributed by atoms with E-state index in [-0.39, 0.29) is 0 Å². The van der Waals surface area contributed by atoms with Gasteiger partial charge in [-0.05, 0) is 37.3 Å². The molecule has 0 bridgehead atoms. The van der Waals surface area contributed by atoms with E-state index in [2.05, 4.69) is 0 Å². The number of ether oxygens (including phenoxy) is 2. The molecule has 30 heavy (non-hydrogen) atoms. The Kier molecular flexibility index (Phi) is 3.47. The van der Waals surface area contributed by atoms with E-state index in [0.717, 1.165) is 0 Å². The van der Waals surface area contributed by atoms with Crippen LogP contribution in [0.25, 0.3) is 0 Å². The van der Waals surface area contributed by atoms with Crippen molar-refractivity contribution in [1.29, 1.82) is 0 Å². The van der Waals surface area contributed by atoms with Gasteiger partial charge in [-0.1, -0.05) is 18.2 Å². The third-order valence-corrected chi connectivity index (χ3v) is 5.85. The highest BCUT2D eigenvalue weighted by Gasteiger charge is 2.54. The van der Waals surface area contributed by atoms with Gasteiger partial charge in [0.05, 0.1) is 11.0 Å². The molecule has 1 unspecified atom stereocenters. The number of hydrogen-bond acceptors (Lipinski definition) is 6. The summed E-state index contributed by atoms with van der Waals surface area (Å²) >= 11 is 0. The summed E-state index contributed by atoms with van der Waals surface area (Å²) in [5.74, 6) is -0.0955. The molecule has 1 atom stereocenters. The molecule has 0 saturated heterocycles. The predicted octanol–water partition coefficient (Wildman–Crippen LogP) is 2.67. The summed E-state index contributed by atoms with van der Waals surface area (Å²) in [6, 6.07) is 10.4. The number of carbonyl (C=O) groups excluding carboxylic acids is 2. The van der Waals surface area contributed by atoms with Crippen LogP contribution in [-0.2, 0) is 19.9 Å². The van der Waals surface area contributed by atoms with E-state index in [4.69, 9.17) is 26.7 Å². The number of hydrogen-bond donors (Lipinski definition) is 3. The van der Waals surface area contributed by atoms with Crippen molar-refractivity contribution in [3.8, 4) is 11.5 Å². The molecule has 2 aromatic carbocycles.